The van der Waals surface area contributed by atoms with E-state index in [1.807, 2.05) is 12.1 Å². The maximum Gasteiger partial charge on any atom is 0.236 e. The topological polar surface area (TPSA) is 34.5 Å². The highest BCUT2D eigenvalue weighted by atomic mass is 16.6. The van der Waals surface area contributed by atoms with E-state index in [1.54, 1.807) is 12.4 Å². The van der Waals surface area contributed by atoms with Gasteiger partial charge < -0.3 is 4.84 Å². The van der Waals surface area contributed by atoms with E-state index in [0.717, 1.165) is 11.3 Å². The van der Waals surface area contributed by atoms with Crippen molar-refractivity contribution in [2.24, 2.45) is 5.16 Å². The zero-order valence-electron chi connectivity index (χ0n) is 5.82. The minimum absolute atomic E-state index is 0.657. The predicted molar refractivity (Wildman–Crippen MR) is 39.7 cm³/mol. The van der Waals surface area contributed by atoms with Crippen molar-refractivity contribution in [1.29, 1.82) is 0 Å². The molecule has 0 aromatic carbocycles. The van der Waals surface area contributed by atoms with Crippen LogP contribution >= 0.6 is 0 Å². The molecule has 3 heteroatoms. The van der Waals surface area contributed by atoms with Crippen molar-refractivity contribution < 1.29 is 4.84 Å². The summed E-state index contributed by atoms with van der Waals surface area (Å²) in [6.07, 6.45) is 4.12. The molecule has 1 aromatic rings. The van der Waals surface area contributed by atoms with Gasteiger partial charge in [0.2, 0.25) is 6.61 Å². The van der Waals surface area contributed by atoms with Crippen molar-refractivity contribution in [2.45, 2.75) is 6.42 Å². The second kappa shape index (κ2) is 2.70. The average molecular weight is 146 g/mol. The first-order chi connectivity index (χ1) is 5.47. The highest BCUT2D eigenvalue weighted by molar-refractivity contribution is 6.01. The maximum atomic E-state index is 4.63. The van der Waals surface area contributed by atoms with Gasteiger partial charge in [0.1, 0.15) is 0 Å². The van der Waals surface area contributed by atoms with E-state index >= 15 is 0 Å². The van der Waals surface area contributed by atoms with Crippen molar-refractivity contribution in [2.75, 3.05) is 0 Å². The minimum atomic E-state index is 0.657. The molecule has 1 aliphatic heterocycles. The van der Waals surface area contributed by atoms with Crippen molar-refractivity contribution in [1.82, 2.24) is 4.98 Å². The lowest BCUT2D eigenvalue weighted by Gasteiger charge is -1.93. The molecule has 3 nitrogen and oxygen atoms in total. The number of oxime groups is 1. The molecule has 2 radical (unpaired) electrons. The Morgan fingerprint density at radius 3 is 2.82 bits per heavy atom. The largest absolute Gasteiger partial charge is 0.379 e. The van der Waals surface area contributed by atoms with Crippen LogP contribution in [-0.4, -0.2) is 10.7 Å². The minimum Gasteiger partial charge on any atom is -0.379 e. The van der Waals surface area contributed by atoms with Crippen LogP contribution in [0.15, 0.2) is 29.7 Å². The van der Waals surface area contributed by atoms with Crippen LogP contribution in [0.25, 0.3) is 0 Å². The smallest absolute Gasteiger partial charge is 0.236 e. The molecule has 1 aromatic heterocycles. The molecular formula is C8H6N2O. The van der Waals surface area contributed by atoms with E-state index in [0.29, 0.717) is 6.42 Å². The van der Waals surface area contributed by atoms with Crippen LogP contribution in [0.1, 0.15) is 12.0 Å². The van der Waals surface area contributed by atoms with Crippen LogP contribution in [0.2, 0.25) is 0 Å². The van der Waals surface area contributed by atoms with Crippen LogP contribution in [0.4, 0.5) is 0 Å². The second-order valence-electron chi connectivity index (χ2n) is 2.19. The Morgan fingerprint density at radius 2 is 2.18 bits per heavy atom. The number of rotatable bonds is 1. The summed E-state index contributed by atoms with van der Waals surface area (Å²) in [4.78, 5) is 8.53. The van der Waals surface area contributed by atoms with Crippen molar-refractivity contribution in [3.05, 3.63) is 36.7 Å². The standard InChI is InChI=1S/C8H6N2O/c1-4-9-5-2-7(1)8-3-6-11-10-8/h1-2,4-5H,3H2. The molecule has 0 spiro atoms. The molecule has 0 bridgehead atoms. The lowest BCUT2D eigenvalue weighted by atomic mass is 10.1. The van der Waals surface area contributed by atoms with Crippen LogP contribution in [-0.2, 0) is 4.84 Å². The molecule has 11 heavy (non-hydrogen) atoms. The highest BCUT2D eigenvalue weighted by Gasteiger charge is 2.10. The number of aromatic nitrogens is 1. The Hall–Kier alpha value is -1.38. The Morgan fingerprint density at radius 1 is 1.36 bits per heavy atom. The van der Waals surface area contributed by atoms with E-state index in [-0.39, 0.29) is 0 Å². The fourth-order valence-electron chi connectivity index (χ4n) is 0.919. The van der Waals surface area contributed by atoms with Gasteiger partial charge in [-0.15, -0.1) is 0 Å². The molecule has 0 fully saturated rings. The summed E-state index contributed by atoms with van der Waals surface area (Å²) in [5, 5.41) is 3.78. The normalized spacial score (nSPS) is 15.8. The average Bonchev–Trinajstić information content (AvgIpc) is 2.58. The first-order valence-corrected chi connectivity index (χ1v) is 3.33. The summed E-state index contributed by atoms with van der Waals surface area (Å²) < 4.78 is 0. The summed E-state index contributed by atoms with van der Waals surface area (Å²) in [5.41, 5.74) is 1.96. The van der Waals surface area contributed by atoms with Gasteiger partial charge in [-0.05, 0) is 12.1 Å². The summed E-state index contributed by atoms with van der Waals surface area (Å²) in [6.45, 7) is 2.65. The van der Waals surface area contributed by atoms with E-state index in [1.165, 1.54) is 0 Å². The summed E-state index contributed by atoms with van der Waals surface area (Å²) in [6, 6.07) is 3.80. The molecule has 0 N–H and O–H groups in total. The quantitative estimate of drug-likeness (QED) is 0.597. The number of nitrogens with zero attached hydrogens (tertiary/aromatic N) is 2. The van der Waals surface area contributed by atoms with Gasteiger partial charge in [0.05, 0.1) is 5.71 Å². The van der Waals surface area contributed by atoms with Gasteiger partial charge in [0.15, 0.2) is 0 Å². The Balaban J connectivity index is 2.29. The Kier molecular flexibility index (Phi) is 1.55. The van der Waals surface area contributed by atoms with Crippen LogP contribution in [0, 0.1) is 6.61 Å². The molecule has 2 rings (SSSR count). The van der Waals surface area contributed by atoms with Crippen molar-refractivity contribution >= 4 is 5.71 Å². The fraction of sp³-hybridized carbons (Fsp3) is 0.125. The lowest BCUT2D eigenvalue weighted by Crippen LogP contribution is -1.94. The van der Waals surface area contributed by atoms with Crippen molar-refractivity contribution in [3.63, 3.8) is 0 Å². The molecule has 2 heterocycles. The molecule has 54 valence electrons. The fourth-order valence-corrected chi connectivity index (χ4v) is 0.919. The number of hydrogen-bond acceptors (Lipinski definition) is 3. The highest BCUT2D eigenvalue weighted by Crippen LogP contribution is 2.11. The number of hydrogen-bond donors (Lipinski definition) is 0. The Labute approximate surface area is 64.7 Å². The lowest BCUT2D eigenvalue weighted by molar-refractivity contribution is 0.234. The Bertz CT molecular complexity index is 269. The summed E-state index contributed by atoms with van der Waals surface area (Å²) in [7, 11) is 0. The first-order valence-electron chi connectivity index (χ1n) is 3.33. The third kappa shape index (κ3) is 1.22. The van der Waals surface area contributed by atoms with Gasteiger partial charge in [-0.1, -0.05) is 5.16 Å². The van der Waals surface area contributed by atoms with Crippen LogP contribution in [0.3, 0.4) is 0 Å². The summed E-state index contributed by atoms with van der Waals surface area (Å²) in [5.74, 6) is 0. The van der Waals surface area contributed by atoms with E-state index in [2.05, 4.69) is 21.6 Å². The van der Waals surface area contributed by atoms with Gasteiger partial charge in [-0.25, -0.2) is 0 Å². The third-order valence-electron chi connectivity index (χ3n) is 1.47. The molecule has 0 amide bonds. The van der Waals surface area contributed by atoms with Crippen LogP contribution < -0.4 is 0 Å². The van der Waals surface area contributed by atoms with Gasteiger partial charge >= 0.3 is 0 Å². The van der Waals surface area contributed by atoms with Gasteiger partial charge in [-0.3, -0.25) is 4.98 Å². The maximum absolute atomic E-state index is 4.63. The molecule has 0 saturated carbocycles. The third-order valence-corrected chi connectivity index (χ3v) is 1.47. The molecular weight excluding hydrogens is 140 g/mol. The van der Waals surface area contributed by atoms with Gasteiger partial charge in [0.25, 0.3) is 0 Å². The predicted octanol–water partition coefficient (Wildman–Crippen LogP) is 1.24. The zero-order valence-corrected chi connectivity index (χ0v) is 5.82. The molecule has 0 saturated heterocycles. The molecule has 1 aliphatic rings. The molecule has 0 atom stereocenters. The molecule has 0 unspecified atom stereocenters. The zero-order chi connectivity index (χ0) is 7.52. The van der Waals surface area contributed by atoms with E-state index in [9.17, 15) is 0 Å². The summed E-state index contributed by atoms with van der Waals surface area (Å²) >= 11 is 0. The van der Waals surface area contributed by atoms with E-state index in [4.69, 9.17) is 0 Å². The second-order valence-corrected chi connectivity index (χ2v) is 2.19. The van der Waals surface area contributed by atoms with Crippen molar-refractivity contribution in [3.8, 4) is 0 Å². The number of pyridine rings is 1. The van der Waals surface area contributed by atoms with Gasteiger partial charge in [0, 0.05) is 24.4 Å². The van der Waals surface area contributed by atoms with Crippen LogP contribution in [0.5, 0.6) is 0 Å². The monoisotopic (exact) mass is 146 g/mol. The van der Waals surface area contributed by atoms with E-state index < -0.39 is 0 Å². The SMILES string of the molecule is [C]1CC(c2ccncc2)=NO1. The van der Waals surface area contributed by atoms with Gasteiger partial charge in [-0.2, -0.15) is 0 Å². The molecule has 0 aliphatic carbocycles. The first kappa shape index (κ1) is 6.34.